The molecule has 0 fully saturated rings. The predicted octanol–water partition coefficient (Wildman–Crippen LogP) is 1.73. The Morgan fingerprint density at radius 3 is 2.75 bits per heavy atom. The van der Waals surface area contributed by atoms with Gasteiger partial charge >= 0.3 is 0 Å². The Morgan fingerprint density at radius 2 is 2.08 bits per heavy atom. The topological polar surface area (TPSA) is 73.8 Å². The first kappa shape index (κ1) is 16.3. The molecular formula is C15H18ClN7O. The first-order valence-electron chi connectivity index (χ1n) is 7.55. The third-order valence-electron chi connectivity index (χ3n) is 3.55. The zero-order valence-corrected chi connectivity index (χ0v) is 14.3. The number of nitrogens with zero attached hydrogens (tertiary/aromatic N) is 7. The van der Waals surface area contributed by atoms with Crippen LogP contribution in [0.15, 0.2) is 36.9 Å². The highest BCUT2D eigenvalue weighted by Crippen LogP contribution is 2.16. The summed E-state index contributed by atoms with van der Waals surface area (Å²) in [6.07, 6.45) is 7.04. The van der Waals surface area contributed by atoms with Crippen LogP contribution in [0.25, 0.3) is 0 Å². The summed E-state index contributed by atoms with van der Waals surface area (Å²) >= 11 is 6.15. The standard InChI is InChI=1S/C15H18ClN7O/c1-3-21-9-12(16)14(19-21)10-20(2)15(24)13-5-8-23(18-13)11-22-7-4-6-17-22/h4-9H,3,10-11H2,1-2H3. The van der Waals surface area contributed by atoms with Crippen LogP contribution in [0.5, 0.6) is 0 Å². The minimum Gasteiger partial charge on any atom is -0.334 e. The number of amides is 1. The largest absolute Gasteiger partial charge is 0.334 e. The molecule has 0 radical (unpaired) electrons. The fraction of sp³-hybridized carbons (Fsp3) is 0.333. The van der Waals surface area contributed by atoms with Crippen molar-refractivity contribution in [1.29, 1.82) is 0 Å². The third kappa shape index (κ3) is 3.48. The van der Waals surface area contributed by atoms with E-state index >= 15 is 0 Å². The van der Waals surface area contributed by atoms with Crippen LogP contribution in [-0.2, 0) is 19.8 Å². The first-order chi connectivity index (χ1) is 11.6. The molecule has 1 amide bonds. The second kappa shape index (κ2) is 6.88. The van der Waals surface area contributed by atoms with Crippen LogP contribution in [-0.4, -0.2) is 47.2 Å². The number of aromatic nitrogens is 6. The molecule has 3 aromatic rings. The van der Waals surface area contributed by atoms with Gasteiger partial charge in [-0.1, -0.05) is 11.6 Å². The van der Waals surface area contributed by atoms with Crippen molar-refractivity contribution in [3.8, 4) is 0 Å². The lowest BCUT2D eigenvalue weighted by atomic mass is 10.3. The zero-order chi connectivity index (χ0) is 17.1. The van der Waals surface area contributed by atoms with E-state index in [-0.39, 0.29) is 5.91 Å². The maximum absolute atomic E-state index is 12.5. The van der Waals surface area contributed by atoms with Gasteiger partial charge in [0.25, 0.3) is 5.91 Å². The molecule has 0 aliphatic carbocycles. The van der Waals surface area contributed by atoms with Crippen molar-refractivity contribution in [2.75, 3.05) is 7.05 Å². The minimum absolute atomic E-state index is 0.184. The third-order valence-corrected chi connectivity index (χ3v) is 3.87. The van der Waals surface area contributed by atoms with Crippen molar-refractivity contribution >= 4 is 17.5 Å². The van der Waals surface area contributed by atoms with Crippen molar-refractivity contribution in [1.82, 2.24) is 34.2 Å². The number of carbonyl (C=O) groups is 1. The van der Waals surface area contributed by atoms with E-state index < -0.39 is 0 Å². The lowest BCUT2D eigenvalue weighted by Gasteiger charge is -2.14. The normalized spacial score (nSPS) is 11.0. The Bertz CT molecular complexity index is 821. The van der Waals surface area contributed by atoms with Crippen LogP contribution in [0.3, 0.4) is 0 Å². The van der Waals surface area contributed by atoms with Gasteiger partial charge in [0.05, 0.1) is 11.6 Å². The molecule has 0 atom stereocenters. The van der Waals surface area contributed by atoms with Crippen molar-refractivity contribution in [3.05, 3.63) is 53.3 Å². The van der Waals surface area contributed by atoms with E-state index in [1.54, 1.807) is 50.6 Å². The fourth-order valence-electron chi connectivity index (χ4n) is 2.29. The molecule has 3 aromatic heterocycles. The van der Waals surface area contributed by atoms with Crippen LogP contribution < -0.4 is 0 Å². The van der Waals surface area contributed by atoms with Crippen molar-refractivity contribution in [3.63, 3.8) is 0 Å². The van der Waals surface area contributed by atoms with Gasteiger partial charge in [0.2, 0.25) is 0 Å². The highest BCUT2D eigenvalue weighted by atomic mass is 35.5. The van der Waals surface area contributed by atoms with E-state index in [1.807, 2.05) is 19.2 Å². The first-order valence-corrected chi connectivity index (χ1v) is 7.92. The van der Waals surface area contributed by atoms with Gasteiger partial charge in [-0.2, -0.15) is 15.3 Å². The van der Waals surface area contributed by atoms with E-state index in [9.17, 15) is 4.79 Å². The zero-order valence-electron chi connectivity index (χ0n) is 13.5. The molecule has 3 rings (SSSR count). The minimum atomic E-state index is -0.184. The molecule has 0 saturated heterocycles. The van der Waals surface area contributed by atoms with E-state index in [4.69, 9.17) is 11.6 Å². The summed E-state index contributed by atoms with van der Waals surface area (Å²) in [5.41, 5.74) is 1.04. The number of rotatable bonds is 6. The number of hydrogen-bond acceptors (Lipinski definition) is 4. The molecule has 3 heterocycles. The maximum atomic E-state index is 12.5. The Balaban J connectivity index is 1.67. The summed E-state index contributed by atoms with van der Waals surface area (Å²) in [6, 6.07) is 3.52. The molecular weight excluding hydrogens is 330 g/mol. The van der Waals surface area contributed by atoms with Crippen molar-refractivity contribution in [2.45, 2.75) is 26.7 Å². The van der Waals surface area contributed by atoms with Gasteiger partial charge in [0, 0.05) is 38.4 Å². The second-order valence-corrected chi connectivity index (χ2v) is 5.78. The summed E-state index contributed by atoms with van der Waals surface area (Å²) in [5, 5.41) is 13.3. The molecule has 0 saturated carbocycles. The van der Waals surface area contributed by atoms with E-state index in [0.29, 0.717) is 29.6 Å². The number of hydrogen-bond donors (Lipinski definition) is 0. The van der Waals surface area contributed by atoms with Gasteiger partial charge < -0.3 is 4.90 Å². The van der Waals surface area contributed by atoms with E-state index in [0.717, 1.165) is 6.54 Å². The fourth-order valence-corrected chi connectivity index (χ4v) is 2.50. The van der Waals surface area contributed by atoms with Crippen LogP contribution in [0.1, 0.15) is 23.1 Å². The average molecular weight is 348 g/mol. The molecule has 9 heteroatoms. The highest BCUT2D eigenvalue weighted by Gasteiger charge is 2.18. The van der Waals surface area contributed by atoms with Crippen LogP contribution >= 0.6 is 11.6 Å². The Labute approximate surface area is 144 Å². The predicted molar refractivity (Wildman–Crippen MR) is 88.6 cm³/mol. The van der Waals surface area contributed by atoms with E-state index in [2.05, 4.69) is 15.3 Å². The van der Waals surface area contributed by atoms with E-state index in [1.165, 1.54) is 0 Å². The summed E-state index contributed by atoms with van der Waals surface area (Å²) in [6.45, 7) is 3.50. The Hall–Kier alpha value is -2.61. The Kier molecular flexibility index (Phi) is 4.66. The second-order valence-electron chi connectivity index (χ2n) is 5.37. The molecule has 0 spiro atoms. The van der Waals surface area contributed by atoms with Gasteiger partial charge in [-0.25, -0.2) is 0 Å². The molecule has 0 aromatic carbocycles. The van der Waals surface area contributed by atoms with Crippen LogP contribution in [0.2, 0.25) is 5.02 Å². The summed E-state index contributed by atoms with van der Waals surface area (Å²) in [7, 11) is 1.70. The molecule has 0 bridgehead atoms. The summed E-state index contributed by atoms with van der Waals surface area (Å²) in [5.74, 6) is -0.184. The van der Waals surface area contributed by atoms with Gasteiger partial charge in [-0.3, -0.25) is 18.8 Å². The van der Waals surface area contributed by atoms with Crippen molar-refractivity contribution < 1.29 is 4.79 Å². The molecule has 0 unspecified atom stereocenters. The van der Waals surface area contributed by atoms with Gasteiger partial charge in [0.15, 0.2) is 0 Å². The SMILES string of the molecule is CCn1cc(Cl)c(CN(C)C(=O)c2ccn(Cn3cccn3)n2)n1. The van der Waals surface area contributed by atoms with Crippen LogP contribution in [0.4, 0.5) is 0 Å². The maximum Gasteiger partial charge on any atom is 0.274 e. The lowest BCUT2D eigenvalue weighted by molar-refractivity contribution is 0.0776. The van der Waals surface area contributed by atoms with Gasteiger partial charge in [0.1, 0.15) is 18.1 Å². The smallest absolute Gasteiger partial charge is 0.274 e. The number of carbonyl (C=O) groups excluding carboxylic acids is 1. The average Bonchev–Trinajstić information content (AvgIpc) is 3.30. The molecule has 24 heavy (non-hydrogen) atoms. The Morgan fingerprint density at radius 1 is 1.25 bits per heavy atom. The number of halogens is 1. The molecule has 0 N–H and O–H groups in total. The molecule has 0 aliphatic heterocycles. The van der Waals surface area contributed by atoms with Crippen molar-refractivity contribution in [2.24, 2.45) is 0 Å². The van der Waals surface area contributed by atoms with Gasteiger partial charge in [-0.15, -0.1) is 0 Å². The van der Waals surface area contributed by atoms with Crippen LogP contribution in [0, 0.1) is 0 Å². The monoisotopic (exact) mass is 347 g/mol. The summed E-state index contributed by atoms with van der Waals surface area (Å²) in [4.78, 5) is 14.1. The molecule has 126 valence electrons. The summed E-state index contributed by atoms with van der Waals surface area (Å²) < 4.78 is 5.13. The lowest BCUT2D eigenvalue weighted by Crippen LogP contribution is -2.27. The molecule has 8 nitrogen and oxygen atoms in total. The highest BCUT2D eigenvalue weighted by molar-refractivity contribution is 6.31. The quantitative estimate of drug-likeness (QED) is 0.680. The van der Waals surface area contributed by atoms with Gasteiger partial charge in [-0.05, 0) is 19.1 Å². The molecule has 0 aliphatic rings. The number of aryl methyl sites for hydroxylation is 1.